The van der Waals surface area contributed by atoms with Gasteiger partial charge in [0.15, 0.2) is 5.65 Å². The van der Waals surface area contributed by atoms with Crippen LogP contribution in [0.25, 0.3) is 5.65 Å². The molecule has 3 aromatic rings. The number of aryl methyl sites for hydroxylation is 2. The van der Waals surface area contributed by atoms with Crippen LogP contribution < -0.4 is 5.32 Å². The number of hydrogen-bond acceptors (Lipinski definition) is 6. The summed E-state index contributed by atoms with van der Waals surface area (Å²) in [4.78, 5) is 17.1. The molecule has 9 nitrogen and oxygen atoms in total. The van der Waals surface area contributed by atoms with Gasteiger partial charge in [0, 0.05) is 36.6 Å². The van der Waals surface area contributed by atoms with Crippen LogP contribution in [0.5, 0.6) is 0 Å². The molecule has 0 bridgehead atoms. The molecular formula is C22H26N6O3S. The van der Waals surface area contributed by atoms with Gasteiger partial charge >= 0.3 is 0 Å². The van der Waals surface area contributed by atoms with E-state index >= 15 is 0 Å². The molecule has 0 aliphatic heterocycles. The van der Waals surface area contributed by atoms with Crippen LogP contribution in [0.15, 0.2) is 35.4 Å². The minimum absolute atomic E-state index is 0.159. The Morgan fingerprint density at radius 3 is 2.50 bits per heavy atom. The second kappa shape index (κ2) is 9.06. The molecule has 3 rings (SSSR count). The first-order valence-corrected chi connectivity index (χ1v) is 11.6. The molecule has 1 amide bonds. The number of benzene rings is 1. The number of rotatable bonds is 7. The van der Waals surface area contributed by atoms with Gasteiger partial charge in [0.1, 0.15) is 11.6 Å². The van der Waals surface area contributed by atoms with Gasteiger partial charge in [0.05, 0.1) is 11.1 Å². The fraction of sp³-hybridized carbons (Fsp3) is 0.364. The topological polar surface area (TPSA) is 120 Å². The van der Waals surface area contributed by atoms with Crippen molar-refractivity contribution in [1.82, 2.24) is 18.9 Å². The van der Waals surface area contributed by atoms with Crippen LogP contribution in [-0.2, 0) is 21.2 Å². The Bertz CT molecular complexity index is 1300. The van der Waals surface area contributed by atoms with Crippen molar-refractivity contribution in [2.24, 2.45) is 0 Å². The highest BCUT2D eigenvalue weighted by atomic mass is 32.2. The fourth-order valence-corrected chi connectivity index (χ4v) is 4.74. The average Bonchev–Trinajstić information content (AvgIpc) is 3.16. The molecule has 0 fully saturated rings. The Hall–Kier alpha value is -3.29. The van der Waals surface area contributed by atoms with Gasteiger partial charge in [-0.05, 0) is 63.9 Å². The second-order valence-electron chi connectivity index (χ2n) is 7.85. The quantitative estimate of drug-likeness (QED) is 0.586. The van der Waals surface area contributed by atoms with Crippen molar-refractivity contribution >= 4 is 27.3 Å². The van der Waals surface area contributed by atoms with Crippen molar-refractivity contribution in [1.29, 1.82) is 5.26 Å². The molecule has 32 heavy (non-hydrogen) atoms. The Balaban J connectivity index is 1.69. The number of fused-ring (bicyclic) bond motifs is 1. The van der Waals surface area contributed by atoms with Gasteiger partial charge in [0.25, 0.3) is 0 Å². The maximum absolute atomic E-state index is 12.6. The second-order valence-corrected chi connectivity index (χ2v) is 9.85. The molecular weight excluding hydrogens is 428 g/mol. The van der Waals surface area contributed by atoms with E-state index in [1.54, 1.807) is 30.5 Å². The minimum atomic E-state index is -3.57. The zero-order chi connectivity index (χ0) is 23.6. The van der Waals surface area contributed by atoms with E-state index in [-0.39, 0.29) is 23.3 Å². The van der Waals surface area contributed by atoms with Crippen molar-refractivity contribution < 1.29 is 13.2 Å². The Labute approximate surface area is 187 Å². The largest absolute Gasteiger partial charge is 0.326 e. The van der Waals surface area contributed by atoms with Gasteiger partial charge in [-0.3, -0.25) is 4.79 Å². The van der Waals surface area contributed by atoms with Crippen molar-refractivity contribution in [2.75, 3.05) is 12.4 Å². The van der Waals surface area contributed by atoms with E-state index in [4.69, 9.17) is 0 Å². The lowest BCUT2D eigenvalue weighted by molar-refractivity contribution is -0.116. The van der Waals surface area contributed by atoms with Crippen molar-refractivity contribution in [3.05, 3.63) is 53.0 Å². The van der Waals surface area contributed by atoms with E-state index in [0.29, 0.717) is 23.3 Å². The van der Waals surface area contributed by atoms with Crippen molar-refractivity contribution in [3.63, 3.8) is 0 Å². The highest BCUT2D eigenvalue weighted by molar-refractivity contribution is 7.89. The Morgan fingerprint density at radius 1 is 1.25 bits per heavy atom. The molecule has 0 radical (unpaired) electrons. The molecule has 0 unspecified atom stereocenters. The number of carbonyl (C=O) groups excluding carboxylic acids is 1. The smallest absolute Gasteiger partial charge is 0.243 e. The van der Waals surface area contributed by atoms with Crippen molar-refractivity contribution in [2.45, 2.75) is 51.5 Å². The highest BCUT2D eigenvalue weighted by Gasteiger charge is 2.23. The fourth-order valence-electron chi connectivity index (χ4n) is 3.37. The lowest BCUT2D eigenvalue weighted by Gasteiger charge is -2.21. The summed E-state index contributed by atoms with van der Waals surface area (Å²) in [5.41, 5.74) is 3.93. The van der Waals surface area contributed by atoms with Crippen LogP contribution in [-0.4, -0.2) is 46.3 Å². The molecule has 1 N–H and O–H groups in total. The molecule has 1 aromatic carbocycles. The SMILES string of the molecule is Cc1nc2c(C#N)cnn2c(C)c1CCC(=O)Nc1ccc(S(=O)(=O)N(C)C(C)C)cc1. The molecule has 0 aliphatic rings. The standard InChI is InChI=1S/C22H26N6O3S/c1-14(2)27(5)32(30,31)19-8-6-18(7-9-19)26-21(29)11-10-20-15(3)25-22-17(12-23)13-24-28(22)16(20)4/h6-9,13-14H,10-11H2,1-5H3,(H,26,29). The van der Waals surface area contributed by atoms with E-state index in [1.807, 2.05) is 13.8 Å². The minimum Gasteiger partial charge on any atom is -0.326 e. The molecule has 168 valence electrons. The predicted molar refractivity (Wildman–Crippen MR) is 121 cm³/mol. The number of amides is 1. The van der Waals surface area contributed by atoms with Crippen LogP contribution in [0.2, 0.25) is 0 Å². The number of anilines is 1. The van der Waals surface area contributed by atoms with Gasteiger partial charge < -0.3 is 5.32 Å². The molecule has 2 aromatic heterocycles. The normalized spacial score (nSPS) is 11.8. The third-order valence-electron chi connectivity index (χ3n) is 5.47. The Kier molecular flexibility index (Phi) is 6.62. The zero-order valence-electron chi connectivity index (χ0n) is 18.7. The first-order valence-electron chi connectivity index (χ1n) is 10.2. The first kappa shape index (κ1) is 23.4. The number of hydrogen-bond donors (Lipinski definition) is 1. The molecule has 2 heterocycles. The number of aromatic nitrogens is 3. The maximum Gasteiger partial charge on any atom is 0.243 e. The molecule has 10 heteroatoms. The lowest BCUT2D eigenvalue weighted by Crippen LogP contribution is -2.33. The van der Waals surface area contributed by atoms with E-state index in [2.05, 4.69) is 21.5 Å². The maximum atomic E-state index is 12.6. The number of nitrogens with zero attached hydrogens (tertiary/aromatic N) is 5. The van der Waals surface area contributed by atoms with Gasteiger partial charge in [-0.15, -0.1) is 0 Å². The first-order chi connectivity index (χ1) is 15.1. The summed E-state index contributed by atoms with van der Waals surface area (Å²) in [6.45, 7) is 7.34. The summed E-state index contributed by atoms with van der Waals surface area (Å²) in [6.07, 6.45) is 2.16. The number of carbonyl (C=O) groups is 1. The van der Waals surface area contributed by atoms with Gasteiger partial charge in [0.2, 0.25) is 15.9 Å². The summed E-state index contributed by atoms with van der Waals surface area (Å²) >= 11 is 0. The molecule has 0 spiro atoms. The van der Waals surface area contributed by atoms with Crippen LogP contribution in [0.1, 0.15) is 42.8 Å². The van der Waals surface area contributed by atoms with Gasteiger partial charge in [-0.1, -0.05) is 0 Å². The number of nitriles is 1. The number of nitrogens with one attached hydrogen (secondary N) is 1. The zero-order valence-corrected chi connectivity index (χ0v) is 19.6. The van der Waals surface area contributed by atoms with E-state index in [0.717, 1.165) is 17.0 Å². The van der Waals surface area contributed by atoms with Crippen molar-refractivity contribution in [3.8, 4) is 6.07 Å². The summed E-state index contributed by atoms with van der Waals surface area (Å²) in [6, 6.07) is 8.05. The van der Waals surface area contributed by atoms with Gasteiger partial charge in [-0.25, -0.2) is 17.9 Å². The lowest BCUT2D eigenvalue weighted by atomic mass is 10.1. The number of sulfonamides is 1. The average molecular weight is 455 g/mol. The molecule has 0 aliphatic carbocycles. The summed E-state index contributed by atoms with van der Waals surface area (Å²) < 4.78 is 28.0. The van der Waals surface area contributed by atoms with E-state index in [9.17, 15) is 18.5 Å². The monoisotopic (exact) mass is 454 g/mol. The summed E-state index contributed by atoms with van der Waals surface area (Å²) in [5, 5.41) is 16.2. The van der Waals surface area contributed by atoms with Crippen LogP contribution in [0.3, 0.4) is 0 Å². The van der Waals surface area contributed by atoms with Crippen LogP contribution >= 0.6 is 0 Å². The Morgan fingerprint density at radius 2 is 1.91 bits per heavy atom. The third kappa shape index (κ3) is 4.49. The van der Waals surface area contributed by atoms with Crippen LogP contribution in [0, 0.1) is 25.2 Å². The van der Waals surface area contributed by atoms with Crippen LogP contribution in [0.4, 0.5) is 5.69 Å². The van der Waals surface area contributed by atoms with E-state index in [1.165, 1.54) is 29.7 Å². The third-order valence-corrected chi connectivity index (χ3v) is 7.52. The molecule has 0 saturated heterocycles. The van der Waals surface area contributed by atoms with E-state index < -0.39 is 10.0 Å². The molecule has 0 atom stereocenters. The molecule has 0 saturated carbocycles. The summed E-state index contributed by atoms with van der Waals surface area (Å²) in [7, 11) is -2.03. The summed E-state index contributed by atoms with van der Waals surface area (Å²) in [5.74, 6) is -0.197. The highest BCUT2D eigenvalue weighted by Crippen LogP contribution is 2.21. The van der Waals surface area contributed by atoms with Gasteiger partial charge in [-0.2, -0.15) is 14.7 Å². The predicted octanol–water partition coefficient (Wildman–Crippen LogP) is 2.82.